The normalized spacial score (nSPS) is 10.3. The van der Waals surface area contributed by atoms with E-state index < -0.39 is 6.09 Å². The zero-order valence-electron chi connectivity index (χ0n) is 9.62. The summed E-state index contributed by atoms with van der Waals surface area (Å²) in [5.41, 5.74) is 1.90. The van der Waals surface area contributed by atoms with Gasteiger partial charge < -0.3 is 4.74 Å². The highest BCUT2D eigenvalue weighted by Gasteiger charge is 2.13. The van der Waals surface area contributed by atoms with Crippen LogP contribution < -0.4 is 0 Å². The van der Waals surface area contributed by atoms with Crippen LogP contribution >= 0.6 is 0 Å². The lowest BCUT2D eigenvalue weighted by Gasteiger charge is -2.02. The number of carbonyl (C=O) groups is 1. The van der Waals surface area contributed by atoms with Crippen molar-refractivity contribution in [1.29, 1.82) is 0 Å². The predicted octanol–water partition coefficient (Wildman–Crippen LogP) is 2.40. The van der Waals surface area contributed by atoms with E-state index in [4.69, 9.17) is 0 Å². The molecule has 0 amide bonds. The molecule has 1 heterocycles. The molecular formula is C11H18N2O2. The van der Waals surface area contributed by atoms with Crippen molar-refractivity contribution in [1.82, 2.24) is 9.78 Å². The zero-order valence-corrected chi connectivity index (χ0v) is 9.62. The average molecular weight is 210 g/mol. The molecule has 0 saturated heterocycles. The summed E-state index contributed by atoms with van der Waals surface area (Å²) in [5, 5.41) is 4.23. The van der Waals surface area contributed by atoms with Crippen LogP contribution in [0.25, 0.3) is 0 Å². The number of methoxy groups -OCH3 is 1. The van der Waals surface area contributed by atoms with Gasteiger partial charge in [-0.3, -0.25) is 0 Å². The highest BCUT2D eigenvalue weighted by molar-refractivity contribution is 5.70. The quantitative estimate of drug-likeness (QED) is 0.766. The maximum absolute atomic E-state index is 11.4. The molecule has 0 aromatic carbocycles. The van der Waals surface area contributed by atoms with E-state index in [9.17, 15) is 4.79 Å². The van der Waals surface area contributed by atoms with Gasteiger partial charge >= 0.3 is 6.09 Å². The van der Waals surface area contributed by atoms with Crippen molar-refractivity contribution < 1.29 is 9.53 Å². The fourth-order valence-corrected chi connectivity index (χ4v) is 1.53. The van der Waals surface area contributed by atoms with Crippen LogP contribution in [-0.4, -0.2) is 23.0 Å². The summed E-state index contributed by atoms with van der Waals surface area (Å²) >= 11 is 0. The molecule has 0 atom stereocenters. The Hall–Kier alpha value is -1.32. The fraction of sp³-hybridized carbons (Fsp3) is 0.636. The molecule has 15 heavy (non-hydrogen) atoms. The summed E-state index contributed by atoms with van der Waals surface area (Å²) in [6.45, 7) is 4.17. The van der Waals surface area contributed by atoms with Gasteiger partial charge in [-0.2, -0.15) is 9.78 Å². The van der Waals surface area contributed by atoms with Crippen LogP contribution in [0.15, 0.2) is 6.07 Å². The highest BCUT2D eigenvalue weighted by Crippen LogP contribution is 2.09. The van der Waals surface area contributed by atoms with Gasteiger partial charge in [-0.05, 0) is 18.9 Å². The third-order valence-corrected chi connectivity index (χ3v) is 2.19. The first-order valence-electron chi connectivity index (χ1n) is 5.39. The summed E-state index contributed by atoms with van der Waals surface area (Å²) in [7, 11) is 1.37. The molecule has 0 aliphatic carbocycles. The molecule has 1 aromatic rings. The second-order valence-electron chi connectivity index (χ2n) is 3.51. The van der Waals surface area contributed by atoms with Crippen molar-refractivity contribution in [3.05, 3.63) is 17.5 Å². The molecule has 1 rings (SSSR count). The van der Waals surface area contributed by atoms with Crippen molar-refractivity contribution in [2.45, 2.75) is 39.5 Å². The lowest BCUT2D eigenvalue weighted by Crippen LogP contribution is -2.16. The molecule has 0 bridgehead atoms. The molecule has 0 fully saturated rings. The van der Waals surface area contributed by atoms with Gasteiger partial charge in [0.15, 0.2) is 0 Å². The van der Waals surface area contributed by atoms with E-state index in [1.165, 1.54) is 11.8 Å². The molecule has 1 aromatic heterocycles. The second kappa shape index (κ2) is 5.53. The number of rotatable bonds is 4. The Morgan fingerprint density at radius 3 is 2.60 bits per heavy atom. The van der Waals surface area contributed by atoms with Gasteiger partial charge in [-0.1, -0.05) is 26.7 Å². The topological polar surface area (TPSA) is 44.1 Å². The van der Waals surface area contributed by atoms with Crippen LogP contribution in [0.3, 0.4) is 0 Å². The molecule has 84 valence electrons. The van der Waals surface area contributed by atoms with Gasteiger partial charge in [0, 0.05) is 0 Å². The first-order chi connectivity index (χ1) is 7.22. The fourth-order valence-electron chi connectivity index (χ4n) is 1.53. The van der Waals surface area contributed by atoms with Crippen molar-refractivity contribution in [3.63, 3.8) is 0 Å². The van der Waals surface area contributed by atoms with Gasteiger partial charge in [-0.15, -0.1) is 0 Å². The number of hydrogen-bond donors (Lipinski definition) is 0. The summed E-state index contributed by atoms with van der Waals surface area (Å²) in [4.78, 5) is 11.4. The van der Waals surface area contributed by atoms with Crippen LogP contribution in [0.2, 0.25) is 0 Å². The van der Waals surface area contributed by atoms with Gasteiger partial charge in [0.25, 0.3) is 0 Å². The van der Waals surface area contributed by atoms with Gasteiger partial charge in [0.1, 0.15) is 0 Å². The van der Waals surface area contributed by atoms with Gasteiger partial charge in [0.05, 0.1) is 18.5 Å². The Morgan fingerprint density at radius 2 is 2.07 bits per heavy atom. The minimum absolute atomic E-state index is 0.402. The summed E-state index contributed by atoms with van der Waals surface area (Å²) in [6, 6.07) is 1.99. The Morgan fingerprint density at radius 1 is 1.40 bits per heavy atom. The maximum Gasteiger partial charge on any atom is 0.434 e. The van der Waals surface area contributed by atoms with Crippen molar-refractivity contribution in [2.24, 2.45) is 0 Å². The number of carbonyl (C=O) groups excluding carboxylic acids is 1. The molecule has 0 aliphatic heterocycles. The van der Waals surface area contributed by atoms with Gasteiger partial charge in [-0.25, -0.2) is 4.79 Å². The first-order valence-corrected chi connectivity index (χ1v) is 5.39. The van der Waals surface area contributed by atoms with Crippen LogP contribution in [0.1, 0.15) is 38.1 Å². The molecule has 0 spiro atoms. The monoisotopic (exact) mass is 210 g/mol. The van der Waals surface area contributed by atoms with Gasteiger partial charge in [0.2, 0.25) is 0 Å². The summed E-state index contributed by atoms with van der Waals surface area (Å²) in [5.74, 6) is 0. The lowest BCUT2D eigenvalue weighted by molar-refractivity contribution is 0.168. The molecule has 4 nitrogen and oxygen atoms in total. The number of aryl methyl sites for hydroxylation is 2. The van der Waals surface area contributed by atoms with Crippen LogP contribution in [0.4, 0.5) is 4.79 Å². The maximum atomic E-state index is 11.4. The Kier molecular flexibility index (Phi) is 4.34. The van der Waals surface area contributed by atoms with Crippen LogP contribution in [0, 0.1) is 0 Å². The lowest BCUT2D eigenvalue weighted by atomic mass is 10.2. The van der Waals surface area contributed by atoms with Crippen LogP contribution in [-0.2, 0) is 17.6 Å². The number of nitrogens with zero attached hydrogens (tertiary/aromatic N) is 2. The smallest absolute Gasteiger partial charge is 0.434 e. The third kappa shape index (κ3) is 2.81. The zero-order chi connectivity index (χ0) is 11.3. The Bertz CT molecular complexity index is 331. The molecule has 0 aliphatic rings. The largest absolute Gasteiger partial charge is 0.451 e. The average Bonchev–Trinajstić information content (AvgIpc) is 2.61. The standard InChI is InChI=1S/C11H18N2O2/c1-4-6-9-8-10(7-5-2)13(12-9)11(14)15-3/h8H,4-7H2,1-3H3. The third-order valence-electron chi connectivity index (χ3n) is 2.19. The molecule has 0 saturated carbocycles. The first kappa shape index (κ1) is 11.8. The van der Waals surface area contributed by atoms with Crippen molar-refractivity contribution in [2.75, 3.05) is 7.11 Å². The second-order valence-corrected chi connectivity index (χ2v) is 3.51. The van der Waals surface area contributed by atoms with E-state index in [1.807, 2.05) is 6.07 Å². The van der Waals surface area contributed by atoms with E-state index in [0.717, 1.165) is 37.1 Å². The molecule has 0 radical (unpaired) electrons. The van der Waals surface area contributed by atoms with E-state index in [1.54, 1.807) is 0 Å². The van der Waals surface area contributed by atoms with Crippen molar-refractivity contribution >= 4 is 6.09 Å². The highest BCUT2D eigenvalue weighted by atomic mass is 16.5. The van der Waals surface area contributed by atoms with Crippen molar-refractivity contribution in [3.8, 4) is 0 Å². The van der Waals surface area contributed by atoms with E-state index in [-0.39, 0.29) is 0 Å². The van der Waals surface area contributed by atoms with E-state index in [0.29, 0.717) is 0 Å². The minimum atomic E-state index is -0.402. The molecular weight excluding hydrogens is 192 g/mol. The van der Waals surface area contributed by atoms with Crippen LogP contribution in [0.5, 0.6) is 0 Å². The summed E-state index contributed by atoms with van der Waals surface area (Å²) < 4.78 is 6.05. The molecule has 4 heteroatoms. The minimum Gasteiger partial charge on any atom is -0.451 e. The Labute approximate surface area is 90.2 Å². The van der Waals surface area contributed by atoms with E-state index in [2.05, 4.69) is 23.7 Å². The van der Waals surface area contributed by atoms with E-state index >= 15 is 0 Å². The molecule has 0 unspecified atom stereocenters. The molecule has 0 N–H and O–H groups in total. The Balaban J connectivity index is 2.94. The SMILES string of the molecule is CCCc1cc(CCC)n(C(=O)OC)n1. The number of hydrogen-bond acceptors (Lipinski definition) is 3. The summed E-state index contributed by atoms with van der Waals surface area (Å²) in [6.07, 6.45) is 3.38. The predicted molar refractivity (Wildman–Crippen MR) is 58.0 cm³/mol. The number of ether oxygens (including phenoxy) is 1. The number of aromatic nitrogens is 2.